The van der Waals surface area contributed by atoms with Crippen LogP contribution in [0.2, 0.25) is 0 Å². The van der Waals surface area contributed by atoms with Crippen molar-refractivity contribution in [2.75, 3.05) is 6.61 Å². The van der Waals surface area contributed by atoms with E-state index in [2.05, 4.69) is 37.9 Å². The van der Waals surface area contributed by atoms with E-state index in [1.807, 2.05) is 31.5 Å². The highest BCUT2D eigenvalue weighted by atomic mass is 16.5. The molecule has 1 aliphatic heterocycles. The number of pyridine rings is 1. The van der Waals surface area contributed by atoms with Gasteiger partial charge < -0.3 is 15.2 Å². The number of nitrogens with zero attached hydrogens (tertiary/aromatic N) is 1. The Bertz CT molecular complexity index is 728. The Labute approximate surface area is 150 Å². The van der Waals surface area contributed by atoms with Crippen molar-refractivity contribution in [2.24, 2.45) is 17.6 Å². The van der Waals surface area contributed by atoms with Crippen LogP contribution in [0.1, 0.15) is 45.8 Å². The molecule has 0 fully saturated rings. The molecule has 4 nitrogen and oxygen atoms in total. The summed E-state index contributed by atoms with van der Waals surface area (Å²) in [4.78, 5) is 4.28. The van der Waals surface area contributed by atoms with Crippen LogP contribution in [-0.2, 0) is 0 Å². The Morgan fingerprint density at radius 1 is 1.16 bits per heavy atom. The Hall–Kier alpha value is -2.07. The molecular formula is C21H28N2O2. The van der Waals surface area contributed by atoms with Crippen LogP contribution >= 0.6 is 0 Å². The first-order chi connectivity index (χ1) is 12.0. The summed E-state index contributed by atoms with van der Waals surface area (Å²) < 4.78 is 12.3. The van der Waals surface area contributed by atoms with Gasteiger partial charge in [-0.1, -0.05) is 20.8 Å². The maximum Gasteiger partial charge on any atom is 0.131 e. The van der Waals surface area contributed by atoms with Crippen molar-refractivity contribution < 1.29 is 9.47 Å². The van der Waals surface area contributed by atoms with Gasteiger partial charge in [0.05, 0.1) is 6.61 Å². The fraction of sp³-hybridized carbons (Fsp3) is 0.476. The van der Waals surface area contributed by atoms with E-state index in [9.17, 15) is 0 Å². The number of rotatable bonds is 6. The Morgan fingerprint density at radius 3 is 2.68 bits per heavy atom. The van der Waals surface area contributed by atoms with E-state index in [0.29, 0.717) is 18.4 Å². The molecule has 2 N–H and O–H groups in total. The molecule has 25 heavy (non-hydrogen) atoms. The molecule has 0 bridgehead atoms. The van der Waals surface area contributed by atoms with E-state index in [-0.39, 0.29) is 12.1 Å². The van der Waals surface area contributed by atoms with Gasteiger partial charge in [-0.15, -0.1) is 0 Å². The van der Waals surface area contributed by atoms with E-state index in [1.54, 1.807) is 0 Å². The average Bonchev–Trinajstić information content (AvgIpc) is 2.58. The summed E-state index contributed by atoms with van der Waals surface area (Å²) >= 11 is 0. The van der Waals surface area contributed by atoms with Gasteiger partial charge in [0.1, 0.15) is 17.6 Å². The minimum Gasteiger partial charge on any atom is -0.493 e. The number of nitrogens with two attached hydrogens (primary N) is 1. The van der Waals surface area contributed by atoms with Gasteiger partial charge in [0.2, 0.25) is 0 Å². The van der Waals surface area contributed by atoms with E-state index in [1.165, 1.54) is 5.56 Å². The van der Waals surface area contributed by atoms with Gasteiger partial charge in [0.25, 0.3) is 0 Å². The molecule has 1 aliphatic rings. The second-order valence-electron chi connectivity index (χ2n) is 7.53. The van der Waals surface area contributed by atoms with Gasteiger partial charge in [0, 0.05) is 35.6 Å². The Balaban J connectivity index is 1.82. The normalized spacial score (nSPS) is 18.1. The highest BCUT2D eigenvalue weighted by Crippen LogP contribution is 2.45. The van der Waals surface area contributed by atoms with Crippen LogP contribution in [0.3, 0.4) is 0 Å². The molecule has 0 saturated carbocycles. The predicted molar refractivity (Wildman–Crippen MR) is 101 cm³/mol. The lowest BCUT2D eigenvalue weighted by Gasteiger charge is -2.31. The minimum absolute atomic E-state index is 0.0171. The van der Waals surface area contributed by atoms with E-state index in [0.717, 1.165) is 29.0 Å². The van der Waals surface area contributed by atoms with Gasteiger partial charge in [-0.3, -0.25) is 4.98 Å². The molecule has 1 aromatic carbocycles. The molecule has 0 spiro atoms. The first-order valence-electron chi connectivity index (χ1n) is 9.09. The SMILES string of the molecule is CC(COc1ccc2c(c1)OC(C(C)C)c1cnccc1-2)C[C@H](C)N. The number of ether oxygens (including phenoxy) is 2. The molecule has 2 aromatic rings. The summed E-state index contributed by atoms with van der Waals surface area (Å²) in [6.45, 7) is 9.19. The number of fused-ring (bicyclic) bond motifs is 3. The van der Waals surface area contributed by atoms with Gasteiger partial charge >= 0.3 is 0 Å². The first-order valence-corrected chi connectivity index (χ1v) is 9.09. The average molecular weight is 340 g/mol. The molecule has 2 heterocycles. The molecule has 0 saturated heterocycles. The zero-order chi connectivity index (χ0) is 18.0. The topological polar surface area (TPSA) is 57.4 Å². The second-order valence-corrected chi connectivity index (χ2v) is 7.53. The van der Waals surface area contributed by atoms with Crippen molar-refractivity contribution in [3.8, 4) is 22.6 Å². The molecule has 0 aliphatic carbocycles. The summed E-state index contributed by atoms with van der Waals surface area (Å²) in [5.41, 5.74) is 9.32. The summed E-state index contributed by atoms with van der Waals surface area (Å²) in [5.74, 6) is 2.52. The van der Waals surface area contributed by atoms with Crippen LogP contribution in [0.25, 0.3) is 11.1 Å². The monoisotopic (exact) mass is 340 g/mol. The maximum absolute atomic E-state index is 6.29. The molecule has 2 unspecified atom stereocenters. The maximum atomic E-state index is 6.29. The van der Waals surface area contributed by atoms with Gasteiger partial charge in [-0.2, -0.15) is 0 Å². The van der Waals surface area contributed by atoms with Gasteiger partial charge in [0.15, 0.2) is 0 Å². The van der Waals surface area contributed by atoms with E-state index < -0.39 is 0 Å². The third kappa shape index (κ3) is 3.96. The fourth-order valence-electron chi connectivity index (χ4n) is 3.43. The molecule has 3 atom stereocenters. The van der Waals surface area contributed by atoms with Crippen LogP contribution < -0.4 is 15.2 Å². The van der Waals surface area contributed by atoms with Crippen molar-refractivity contribution >= 4 is 0 Å². The Kier molecular flexibility index (Phi) is 5.28. The summed E-state index contributed by atoms with van der Waals surface area (Å²) in [6.07, 6.45) is 4.73. The summed E-state index contributed by atoms with van der Waals surface area (Å²) in [5, 5.41) is 0. The summed E-state index contributed by atoms with van der Waals surface area (Å²) in [6, 6.07) is 8.36. The quantitative estimate of drug-likeness (QED) is 0.835. The van der Waals surface area contributed by atoms with Crippen LogP contribution in [0.5, 0.6) is 11.5 Å². The lowest BCUT2D eigenvalue weighted by molar-refractivity contribution is 0.149. The van der Waals surface area contributed by atoms with Crippen molar-refractivity contribution in [1.82, 2.24) is 4.98 Å². The largest absolute Gasteiger partial charge is 0.493 e. The van der Waals surface area contributed by atoms with Crippen molar-refractivity contribution in [3.63, 3.8) is 0 Å². The standard InChI is InChI=1S/C21H28N2O2/c1-13(2)21-19-11-23-8-7-17(19)18-6-5-16(10-20(18)25-21)24-12-14(3)9-15(4)22/h5-8,10-11,13-15,21H,9,12,22H2,1-4H3/t14?,15-,21?/m0/s1. The third-order valence-corrected chi connectivity index (χ3v) is 4.57. The predicted octanol–water partition coefficient (Wildman–Crippen LogP) is 4.59. The molecule has 134 valence electrons. The van der Waals surface area contributed by atoms with Crippen LogP contribution in [0.15, 0.2) is 36.7 Å². The van der Waals surface area contributed by atoms with E-state index in [4.69, 9.17) is 15.2 Å². The van der Waals surface area contributed by atoms with Crippen LogP contribution in [-0.4, -0.2) is 17.6 Å². The molecule has 1 aromatic heterocycles. The minimum atomic E-state index is 0.0171. The lowest BCUT2D eigenvalue weighted by Crippen LogP contribution is -2.21. The third-order valence-electron chi connectivity index (χ3n) is 4.57. The van der Waals surface area contributed by atoms with Crippen LogP contribution in [0.4, 0.5) is 0 Å². The summed E-state index contributed by atoms with van der Waals surface area (Å²) in [7, 11) is 0. The van der Waals surface area contributed by atoms with Crippen LogP contribution in [0, 0.1) is 11.8 Å². The highest BCUT2D eigenvalue weighted by Gasteiger charge is 2.28. The molecular weight excluding hydrogens is 312 g/mol. The Morgan fingerprint density at radius 2 is 1.96 bits per heavy atom. The second kappa shape index (κ2) is 7.44. The van der Waals surface area contributed by atoms with Crippen molar-refractivity contribution in [2.45, 2.75) is 46.3 Å². The number of benzene rings is 1. The van der Waals surface area contributed by atoms with Crippen molar-refractivity contribution in [1.29, 1.82) is 0 Å². The number of hydrogen-bond acceptors (Lipinski definition) is 4. The smallest absolute Gasteiger partial charge is 0.131 e. The van der Waals surface area contributed by atoms with Gasteiger partial charge in [-0.25, -0.2) is 0 Å². The molecule has 0 radical (unpaired) electrons. The van der Waals surface area contributed by atoms with Gasteiger partial charge in [-0.05, 0) is 48.9 Å². The highest BCUT2D eigenvalue weighted by molar-refractivity contribution is 5.76. The first kappa shape index (κ1) is 17.7. The van der Waals surface area contributed by atoms with Crippen molar-refractivity contribution in [3.05, 3.63) is 42.2 Å². The molecule has 3 rings (SSSR count). The zero-order valence-corrected chi connectivity index (χ0v) is 15.5. The van der Waals surface area contributed by atoms with E-state index >= 15 is 0 Å². The lowest BCUT2D eigenvalue weighted by atomic mass is 9.89. The fourth-order valence-corrected chi connectivity index (χ4v) is 3.43. The zero-order valence-electron chi connectivity index (χ0n) is 15.5. The number of aromatic nitrogens is 1. The molecule has 4 heteroatoms. The molecule has 0 amide bonds. The number of hydrogen-bond donors (Lipinski definition) is 1.